The quantitative estimate of drug-likeness (QED) is 0.624. The van der Waals surface area contributed by atoms with E-state index in [0.29, 0.717) is 47.5 Å². The Labute approximate surface area is 185 Å². The van der Waals surface area contributed by atoms with Crippen molar-refractivity contribution in [2.24, 2.45) is 11.8 Å². The molecular weight excluding hydrogens is 443 g/mol. The fraction of sp³-hybridized carbons (Fsp3) is 0.450. The summed E-state index contributed by atoms with van der Waals surface area (Å²) in [5.41, 5.74) is 2.03. The lowest BCUT2D eigenvalue weighted by molar-refractivity contribution is -0.138. The average molecular weight is 463 g/mol. The van der Waals surface area contributed by atoms with E-state index in [0.717, 1.165) is 18.4 Å². The smallest absolute Gasteiger partial charge is 0.358 e. The third kappa shape index (κ3) is 4.06. The number of carbonyl (C=O) groups excluding carboxylic acids is 1. The van der Waals surface area contributed by atoms with Gasteiger partial charge in [0.05, 0.1) is 23.6 Å². The average Bonchev–Trinajstić information content (AvgIpc) is 3.13. The van der Waals surface area contributed by atoms with Gasteiger partial charge in [0.15, 0.2) is 0 Å². The molecule has 1 aliphatic carbocycles. The Balaban J connectivity index is 1.38. The number of aryl methyl sites for hydroxylation is 1. The van der Waals surface area contributed by atoms with Gasteiger partial charge in [0.25, 0.3) is 5.91 Å². The molecule has 8 nitrogen and oxygen atoms in total. The van der Waals surface area contributed by atoms with Crippen LogP contribution in [0.25, 0.3) is 5.69 Å². The van der Waals surface area contributed by atoms with Gasteiger partial charge >= 0.3 is 6.18 Å². The van der Waals surface area contributed by atoms with Gasteiger partial charge in [0.1, 0.15) is 0 Å². The molecule has 3 atom stereocenters. The van der Waals surface area contributed by atoms with Gasteiger partial charge in [-0.1, -0.05) is 23.0 Å². The molecule has 0 bridgehead atoms. The largest absolute Gasteiger partial charge is 0.445 e. The number of alkyl halides is 3. The minimum atomic E-state index is -4.52. The molecule has 168 valence electrons. The van der Waals surface area contributed by atoms with Crippen molar-refractivity contribution in [3.05, 3.63) is 46.7 Å². The number of hydrogen-bond acceptors (Lipinski definition) is 7. The first-order chi connectivity index (χ1) is 15.3. The van der Waals surface area contributed by atoms with Crippen LogP contribution in [0.2, 0.25) is 0 Å². The number of piperidine rings is 1. The van der Waals surface area contributed by atoms with E-state index in [1.165, 1.54) is 4.80 Å². The predicted octanol–water partition coefficient (Wildman–Crippen LogP) is 3.41. The minimum Gasteiger partial charge on any atom is -0.358 e. The van der Waals surface area contributed by atoms with Gasteiger partial charge < -0.3 is 10.2 Å². The van der Waals surface area contributed by atoms with Crippen LogP contribution >= 0.6 is 11.3 Å². The molecule has 1 aliphatic heterocycles. The highest BCUT2D eigenvalue weighted by Gasteiger charge is 2.47. The molecule has 0 radical (unpaired) electrons. The van der Waals surface area contributed by atoms with Gasteiger partial charge in [0.2, 0.25) is 10.1 Å². The molecule has 2 fully saturated rings. The first kappa shape index (κ1) is 20.9. The highest BCUT2D eigenvalue weighted by Crippen LogP contribution is 2.47. The molecule has 0 spiro atoms. The molecule has 1 N–H and O–H groups in total. The minimum absolute atomic E-state index is 0.0969. The summed E-state index contributed by atoms with van der Waals surface area (Å²) in [6, 6.07) is 5.38. The number of benzene rings is 1. The SMILES string of the molecule is Cc1ccc(-n2nccn2)c(C(=O)N2C[C@@H]3C[C@@H]3C[C@H]2CNc2nnc(C(F)(F)F)s2)c1. The molecule has 5 rings (SSSR count). The summed E-state index contributed by atoms with van der Waals surface area (Å²) in [5, 5.41) is 17.2. The lowest BCUT2D eigenvalue weighted by Gasteiger charge is -2.36. The topological polar surface area (TPSA) is 88.8 Å². The summed E-state index contributed by atoms with van der Waals surface area (Å²) in [6.07, 6.45) is 0.448. The van der Waals surface area contributed by atoms with Gasteiger partial charge in [-0.25, -0.2) is 0 Å². The van der Waals surface area contributed by atoms with Crippen LogP contribution in [-0.2, 0) is 6.18 Å². The van der Waals surface area contributed by atoms with Gasteiger partial charge in [-0.05, 0) is 43.7 Å². The Morgan fingerprint density at radius 2 is 1.97 bits per heavy atom. The molecule has 32 heavy (non-hydrogen) atoms. The van der Waals surface area contributed by atoms with Crippen molar-refractivity contribution >= 4 is 22.4 Å². The van der Waals surface area contributed by atoms with Crippen LogP contribution < -0.4 is 5.32 Å². The maximum atomic E-state index is 13.6. The fourth-order valence-electron chi connectivity index (χ4n) is 4.25. The third-order valence-corrected chi connectivity index (χ3v) is 6.88. The zero-order valence-corrected chi connectivity index (χ0v) is 17.9. The Hall–Kier alpha value is -3.02. The maximum Gasteiger partial charge on any atom is 0.445 e. The van der Waals surface area contributed by atoms with E-state index in [2.05, 4.69) is 25.7 Å². The standard InChI is InChI=1S/C20H20F3N7OS/c1-11-2-3-16(30-25-4-5-26-30)15(6-11)17(31)29-10-13-7-12(13)8-14(29)9-24-19-28-27-18(32-19)20(21,22)23/h2-6,12-14H,7-10H2,1H3,(H,24,28)/t12-,13+,14+/m1/s1. The van der Waals surface area contributed by atoms with Crippen LogP contribution in [0, 0.1) is 18.8 Å². The van der Waals surface area contributed by atoms with E-state index in [-0.39, 0.29) is 17.1 Å². The van der Waals surface area contributed by atoms with Gasteiger partial charge in [0, 0.05) is 19.1 Å². The molecule has 1 saturated carbocycles. The molecule has 2 aliphatic rings. The van der Waals surface area contributed by atoms with Crippen molar-refractivity contribution in [1.82, 2.24) is 30.1 Å². The summed E-state index contributed by atoms with van der Waals surface area (Å²) >= 11 is 0.467. The lowest BCUT2D eigenvalue weighted by atomic mass is 9.99. The van der Waals surface area contributed by atoms with Gasteiger partial charge in [-0.3, -0.25) is 4.79 Å². The second kappa shape index (κ2) is 7.84. The van der Waals surface area contributed by atoms with E-state index in [9.17, 15) is 18.0 Å². The number of nitrogens with one attached hydrogen (secondary N) is 1. The third-order valence-electron chi connectivity index (χ3n) is 5.95. The van der Waals surface area contributed by atoms with Crippen molar-refractivity contribution < 1.29 is 18.0 Å². The van der Waals surface area contributed by atoms with Crippen LogP contribution in [0.1, 0.15) is 33.8 Å². The number of nitrogens with zero attached hydrogens (tertiary/aromatic N) is 6. The molecular formula is C20H20F3N7OS. The molecule has 1 saturated heterocycles. The van der Waals surface area contributed by atoms with E-state index in [1.54, 1.807) is 12.4 Å². The zero-order chi connectivity index (χ0) is 22.5. The Bertz CT molecular complexity index is 1130. The summed E-state index contributed by atoms with van der Waals surface area (Å²) in [6.45, 7) is 2.85. The maximum absolute atomic E-state index is 13.6. The first-order valence-corrected chi connectivity index (χ1v) is 11.0. The summed E-state index contributed by atoms with van der Waals surface area (Å²) in [4.78, 5) is 16.9. The second-order valence-electron chi connectivity index (χ2n) is 8.23. The number of rotatable bonds is 5. The Morgan fingerprint density at radius 3 is 2.69 bits per heavy atom. The van der Waals surface area contributed by atoms with Crippen molar-refractivity contribution in [3.8, 4) is 5.69 Å². The zero-order valence-electron chi connectivity index (χ0n) is 17.1. The number of hydrogen-bond donors (Lipinski definition) is 1. The van der Waals surface area contributed by atoms with Crippen LogP contribution in [0.4, 0.5) is 18.3 Å². The molecule has 12 heteroatoms. The van der Waals surface area contributed by atoms with Crippen molar-refractivity contribution in [3.63, 3.8) is 0 Å². The second-order valence-corrected chi connectivity index (χ2v) is 9.21. The van der Waals surface area contributed by atoms with Crippen molar-refractivity contribution in [2.75, 3.05) is 18.4 Å². The number of anilines is 1. The monoisotopic (exact) mass is 463 g/mol. The number of likely N-dealkylation sites (tertiary alicyclic amines) is 1. The molecule has 3 aromatic rings. The normalized spacial score (nSPS) is 22.5. The van der Waals surface area contributed by atoms with E-state index in [1.807, 2.05) is 30.0 Å². The fourth-order valence-corrected chi connectivity index (χ4v) is 4.87. The highest BCUT2D eigenvalue weighted by atomic mass is 32.1. The molecule has 2 aromatic heterocycles. The van der Waals surface area contributed by atoms with Crippen LogP contribution in [0.3, 0.4) is 0 Å². The number of carbonyl (C=O) groups is 1. The van der Waals surface area contributed by atoms with Crippen molar-refractivity contribution in [2.45, 2.75) is 32.0 Å². The number of halogens is 3. The van der Waals surface area contributed by atoms with Gasteiger partial charge in [-0.15, -0.1) is 10.2 Å². The van der Waals surface area contributed by atoms with E-state index >= 15 is 0 Å². The highest BCUT2D eigenvalue weighted by molar-refractivity contribution is 7.15. The molecule has 3 heterocycles. The summed E-state index contributed by atoms with van der Waals surface area (Å²) < 4.78 is 38.4. The van der Waals surface area contributed by atoms with Gasteiger partial charge in [-0.2, -0.15) is 28.2 Å². The van der Waals surface area contributed by atoms with Crippen LogP contribution in [-0.4, -0.2) is 55.1 Å². The number of amides is 1. The number of aromatic nitrogens is 5. The predicted molar refractivity (Wildman–Crippen MR) is 111 cm³/mol. The lowest BCUT2D eigenvalue weighted by Crippen LogP contribution is -2.48. The van der Waals surface area contributed by atoms with Crippen LogP contribution in [0.5, 0.6) is 0 Å². The molecule has 1 aromatic carbocycles. The molecule has 1 amide bonds. The number of fused-ring (bicyclic) bond motifs is 1. The Kier molecular flexibility index (Phi) is 5.11. The van der Waals surface area contributed by atoms with Crippen molar-refractivity contribution in [1.29, 1.82) is 0 Å². The molecule has 0 unspecified atom stereocenters. The van der Waals surface area contributed by atoms with E-state index < -0.39 is 11.2 Å². The summed E-state index contributed by atoms with van der Waals surface area (Å²) in [7, 11) is 0. The first-order valence-electron chi connectivity index (χ1n) is 10.2. The van der Waals surface area contributed by atoms with E-state index in [4.69, 9.17) is 0 Å². The van der Waals surface area contributed by atoms with Crippen LogP contribution in [0.15, 0.2) is 30.6 Å². The Morgan fingerprint density at radius 1 is 1.19 bits per heavy atom. The summed E-state index contributed by atoms with van der Waals surface area (Å²) in [5.74, 6) is 0.895.